The van der Waals surface area contributed by atoms with E-state index in [9.17, 15) is 4.79 Å². The van der Waals surface area contributed by atoms with E-state index < -0.39 is 0 Å². The summed E-state index contributed by atoms with van der Waals surface area (Å²) in [5.41, 5.74) is 1.90. The van der Waals surface area contributed by atoms with Gasteiger partial charge in [0.25, 0.3) is 0 Å². The van der Waals surface area contributed by atoms with E-state index >= 15 is 0 Å². The third kappa shape index (κ3) is 5.04. The highest BCUT2D eigenvalue weighted by molar-refractivity contribution is 5.91. The molecule has 3 rings (SSSR count). The predicted molar refractivity (Wildman–Crippen MR) is 108 cm³/mol. The minimum absolute atomic E-state index is 0.217. The second-order valence-corrected chi connectivity index (χ2v) is 6.07. The molecule has 2 aromatic carbocycles. The fraction of sp³-hybridized carbons (Fsp3) is 0.174. The van der Waals surface area contributed by atoms with Crippen LogP contribution in [0.2, 0.25) is 0 Å². The quantitative estimate of drug-likeness (QED) is 0.583. The number of carbonyl (C=O) groups is 1. The Labute approximate surface area is 164 Å². The molecule has 0 saturated heterocycles. The Kier molecular flexibility index (Phi) is 6.52. The molecule has 0 aliphatic rings. The standard InChI is InChI=1S/C23H23NO4/c1-3-27-21-12-8-18(9-13-21)23(17-6-10-19(26-2)11-7-17)24-22(25)15-14-20-5-4-16-28-20/h4-16,23H,3H2,1-2H3,(H,24,25)/b15-14-/t23-/m1/s1. The molecule has 1 amide bonds. The second-order valence-electron chi connectivity index (χ2n) is 6.07. The Bertz CT molecular complexity index is 897. The van der Waals surface area contributed by atoms with Crippen LogP contribution in [0.1, 0.15) is 29.9 Å². The number of amides is 1. The van der Waals surface area contributed by atoms with Crippen molar-refractivity contribution in [3.8, 4) is 11.5 Å². The second kappa shape index (κ2) is 9.46. The molecule has 1 aromatic heterocycles. The number of furan rings is 1. The van der Waals surface area contributed by atoms with Crippen LogP contribution in [0.15, 0.2) is 77.4 Å². The highest BCUT2D eigenvalue weighted by atomic mass is 16.5. The minimum Gasteiger partial charge on any atom is -0.497 e. The predicted octanol–water partition coefficient (Wildman–Crippen LogP) is 4.61. The SMILES string of the molecule is CCOc1ccc([C@H](NC(=O)/C=C\c2ccco2)c2ccc(OC)cc2)cc1. The van der Waals surface area contributed by atoms with Gasteiger partial charge in [0.1, 0.15) is 17.3 Å². The van der Waals surface area contributed by atoms with E-state index in [1.807, 2.05) is 55.5 Å². The van der Waals surface area contributed by atoms with Crippen LogP contribution in [-0.4, -0.2) is 19.6 Å². The summed E-state index contributed by atoms with van der Waals surface area (Å²) in [5.74, 6) is 1.96. The van der Waals surface area contributed by atoms with Crippen molar-refractivity contribution in [3.63, 3.8) is 0 Å². The average molecular weight is 377 g/mol. The maximum atomic E-state index is 12.5. The van der Waals surface area contributed by atoms with Crippen LogP contribution in [0.25, 0.3) is 6.08 Å². The zero-order chi connectivity index (χ0) is 19.8. The third-order valence-corrected chi connectivity index (χ3v) is 4.20. The molecule has 1 atom stereocenters. The van der Waals surface area contributed by atoms with E-state index in [1.165, 1.54) is 6.08 Å². The minimum atomic E-state index is -0.310. The zero-order valence-electron chi connectivity index (χ0n) is 15.9. The van der Waals surface area contributed by atoms with Crippen molar-refractivity contribution < 1.29 is 18.7 Å². The molecule has 1 N–H and O–H groups in total. The summed E-state index contributed by atoms with van der Waals surface area (Å²) in [6.07, 6.45) is 4.67. The van der Waals surface area contributed by atoms with E-state index in [-0.39, 0.29) is 11.9 Å². The summed E-state index contributed by atoms with van der Waals surface area (Å²) in [6, 6.07) is 18.6. The Morgan fingerprint density at radius 3 is 2.21 bits per heavy atom. The van der Waals surface area contributed by atoms with Gasteiger partial charge in [0.05, 0.1) is 26.0 Å². The summed E-state index contributed by atoms with van der Waals surface area (Å²) in [6.45, 7) is 2.55. The molecule has 5 nitrogen and oxygen atoms in total. The van der Waals surface area contributed by atoms with Crippen LogP contribution in [0, 0.1) is 0 Å². The fourth-order valence-electron chi connectivity index (χ4n) is 2.81. The van der Waals surface area contributed by atoms with Gasteiger partial charge in [-0.15, -0.1) is 0 Å². The molecule has 28 heavy (non-hydrogen) atoms. The molecular formula is C23H23NO4. The number of nitrogens with one attached hydrogen (secondary N) is 1. The summed E-state index contributed by atoms with van der Waals surface area (Å²) >= 11 is 0. The molecule has 0 radical (unpaired) electrons. The number of rotatable bonds is 8. The van der Waals surface area contributed by atoms with Gasteiger partial charge in [0, 0.05) is 6.08 Å². The van der Waals surface area contributed by atoms with Crippen molar-refractivity contribution in [3.05, 3.63) is 89.9 Å². The summed E-state index contributed by atoms with van der Waals surface area (Å²) in [7, 11) is 1.63. The normalized spacial score (nSPS) is 11.9. The highest BCUT2D eigenvalue weighted by Crippen LogP contribution is 2.26. The van der Waals surface area contributed by atoms with E-state index in [1.54, 1.807) is 31.6 Å². The van der Waals surface area contributed by atoms with Crippen LogP contribution < -0.4 is 14.8 Å². The van der Waals surface area contributed by atoms with Gasteiger partial charge in [0.2, 0.25) is 5.91 Å². The van der Waals surface area contributed by atoms with E-state index in [4.69, 9.17) is 13.9 Å². The summed E-state index contributed by atoms with van der Waals surface area (Å²) in [5, 5.41) is 3.05. The Morgan fingerprint density at radius 2 is 1.68 bits per heavy atom. The van der Waals surface area contributed by atoms with Crippen LogP contribution >= 0.6 is 0 Å². The first-order valence-corrected chi connectivity index (χ1v) is 9.08. The lowest BCUT2D eigenvalue weighted by molar-refractivity contribution is -0.116. The van der Waals surface area contributed by atoms with Crippen molar-refractivity contribution in [2.45, 2.75) is 13.0 Å². The van der Waals surface area contributed by atoms with Crippen molar-refractivity contribution in [1.82, 2.24) is 5.32 Å². The molecular weight excluding hydrogens is 354 g/mol. The average Bonchev–Trinajstić information content (AvgIpc) is 3.25. The van der Waals surface area contributed by atoms with Crippen molar-refractivity contribution in [1.29, 1.82) is 0 Å². The topological polar surface area (TPSA) is 60.7 Å². The van der Waals surface area contributed by atoms with Gasteiger partial charge in [-0.05, 0) is 60.5 Å². The summed E-state index contributed by atoms with van der Waals surface area (Å²) < 4.78 is 16.0. The maximum absolute atomic E-state index is 12.5. The van der Waals surface area contributed by atoms with Gasteiger partial charge < -0.3 is 19.2 Å². The molecule has 0 aliphatic heterocycles. The molecule has 0 bridgehead atoms. The Hall–Kier alpha value is -3.47. The first kappa shape index (κ1) is 19.3. The van der Waals surface area contributed by atoms with Gasteiger partial charge in [-0.25, -0.2) is 0 Å². The smallest absolute Gasteiger partial charge is 0.244 e. The lowest BCUT2D eigenvalue weighted by Gasteiger charge is -2.20. The first-order valence-electron chi connectivity index (χ1n) is 9.08. The molecule has 3 aromatic rings. The lowest BCUT2D eigenvalue weighted by atomic mass is 9.98. The van der Waals surface area contributed by atoms with E-state index in [0.717, 1.165) is 22.6 Å². The number of benzene rings is 2. The lowest BCUT2D eigenvalue weighted by Crippen LogP contribution is -2.27. The molecule has 0 fully saturated rings. The largest absolute Gasteiger partial charge is 0.497 e. The number of carbonyl (C=O) groups excluding carboxylic acids is 1. The molecule has 1 heterocycles. The number of hydrogen-bond acceptors (Lipinski definition) is 4. The number of hydrogen-bond donors (Lipinski definition) is 1. The third-order valence-electron chi connectivity index (χ3n) is 4.20. The monoisotopic (exact) mass is 377 g/mol. The van der Waals surface area contributed by atoms with E-state index in [0.29, 0.717) is 12.4 Å². The van der Waals surface area contributed by atoms with Crippen molar-refractivity contribution in [2.24, 2.45) is 0 Å². The Balaban J connectivity index is 1.83. The van der Waals surface area contributed by atoms with Gasteiger partial charge in [-0.3, -0.25) is 4.79 Å². The molecule has 144 valence electrons. The highest BCUT2D eigenvalue weighted by Gasteiger charge is 2.16. The van der Waals surface area contributed by atoms with Crippen LogP contribution in [0.4, 0.5) is 0 Å². The van der Waals surface area contributed by atoms with E-state index in [2.05, 4.69) is 5.32 Å². The maximum Gasteiger partial charge on any atom is 0.244 e. The number of methoxy groups -OCH3 is 1. The number of ether oxygens (including phenoxy) is 2. The van der Waals surface area contributed by atoms with Gasteiger partial charge >= 0.3 is 0 Å². The first-order chi connectivity index (χ1) is 13.7. The van der Waals surface area contributed by atoms with Crippen molar-refractivity contribution >= 4 is 12.0 Å². The Morgan fingerprint density at radius 1 is 1.04 bits per heavy atom. The molecule has 5 heteroatoms. The molecule has 0 unspecified atom stereocenters. The van der Waals surface area contributed by atoms with Gasteiger partial charge in [0.15, 0.2) is 0 Å². The van der Waals surface area contributed by atoms with Gasteiger partial charge in [-0.2, -0.15) is 0 Å². The summed E-state index contributed by atoms with van der Waals surface area (Å²) in [4.78, 5) is 12.5. The molecule has 0 aliphatic carbocycles. The van der Waals surface area contributed by atoms with Crippen LogP contribution in [-0.2, 0) is 4.79 Å². The fourth-order valence-corrected chi connectivity index (χ4v) is 2.81. The molecule has 0 spiro atoms. The van der Waals surface area contributed by atoms with Crippen molar-refractivity contribution in [2.75, 3.05) is 13.7 Å². The molecule has 0 saturated carbocycles. The van der Waals surface area contributed by atoms with Gasteiger partial charge in [-0.1, -0.05) is 24.3 Å². The zero-order valence-corrected chi connectivity index (χ0v) is 15.9. The van der Waals surface area contributed by atoms with Crippen LogP contribution in [0.3, 0.4) is 0 Å². The van der Waals surface area contributed by atoms with Crippen LogP contribution in [0.5, 0.6) is 11.5 Å².